The monoisotopic (exact) mass is 312 g/mol. The predicted molar refractivity (Wildman–Crippen MR) is 85.9 cm³/mol. The Morgan fingerprint density at radius 1 is 1.43 bits per heavy atom. The number of H-pyrrole nitrogens is 1. The van der Waals surface area contributed by atoms with E-state index in [0.717, 1.165) is 49.8 Å². The van der Waals surface area contributed by atoms with Gasteiger partial charge in [0.2, 0.25) is 0 Å². The molecule has 0 unspecified atom stereocenters. The molecule has 1 atom stereocenters. The molecule has 4 heterocycles. The molecule has 0 aromatic carbocycles. The molecule has 7 heteroatoms. The zero-order valence-electron chi connectivity index (χ0n) is 13.1. The summed E-state index contributed by atoms with van der Waals surface area (Å²) in [5.41, 5.74) is 2.94. The van der Waals surface area contributed by atoms with E-state index in [1.54, 1.807) is 6.20 Å². The van der Waals surface area contributed by atoms with E-state index in [2.05, 4.69) is 25.0 Å². The van der Waals surface area contributed by atoms with Crippen LogP contribution in [-0.4, -0.2) is 55.4 Å². The van der Waals surface area contributed by atoms with Gasteiger partial charge in [0.1, 0.15) is 5.82 Å². The number of aromatic nitrogens is 5. The second-order valence-electron chi connectivity index (χ2n) is 6.03. The van der Waals surface area contributed by atoms with Crippen molar-refractivity contribution in [2.75, 3.05) is 19.7 Å². The number of morpholine rings is 1. The van der Waals surface area contributed by atoms with Crippen molar-refractivity contribution < 1.29 is 4.74 Å². The molecule has 3 aromatic heterocycles. The zero-order chi connectivity index (χ0) is 15.6. The predicted octanol–water partition coefficient (Wildman–Crippen LogP) is 1.36. The Morgan fingerprint density at radius 2 is 2.39 bits per heavy atom. The summed E-state index contributed by atoms with van der Waals surface area (Å²) >= 11 is 0. The van der Waals surface area contributed by atoms with Gasteiger partial charge in [0.15, 0.2) is 5.65 Å². The minimum atomic E-state index is 0.158. The summed E-state index contributed by atoms with van der Waals surface area (Å²) in [6, 6.07) is 3.92. The summed E-state index contributed by atoms with van der Waals surface area (Å²) in [5.74, 6) is 0.953. The van der Waals surface area contributed by atoms with E-state index < -0.39 is 0 Å². The van der Waals surface area contributed by atoms with Crippen LogP contribution in [0.25, 0.3) is 11.2 Å². The lowest BCUT2D eigenvalue weighted by molar-refractivity contribution is -0.0408. The van der Waals surface area contributed by atoms with E-state index in [4.69, 9.17) is 4.74 Å². The van der Waals surface area contributed by atoms with Gasteiger partial charge in [-0.15, -0.1) is 0 Å². The van der Waals surface area contributed by atoms with Crippen LogP contribution in [0.2, 0.25) is 0 Å². The Balaban J connectivity index is 1.40. The fourth-order valence-electron chi connectivity index (χ4n) is 2.99. The second kappa shape index (κ2) is 6.10. The Kier molecular flexibility index (Phi) is 3.80. The first-order valence-corrected chi connectivity index (χ1v) is 7.89. The van der Waals surface area contributed by atoms with Gasteiger partial charge in [-0.1, -0.05) is 0 Å². The highest BCUT2D eigenvalue weighted by molar-refractivity contribution is 5.69. The highest BCUT2D eigenvalue weighted by Crippen LogP contribution is 2.13. The van der Waals surface area contributed by atoms with Crippen molar-refractivity contribution >= 4 is 11.2 Å². The van der Waals surface area contributed by atoms with E-state index in [0.29, 0.717) is 0 Å². The molecule has 120 valence electrons. The lowest BCUT2D eigenvalue weighted by atomic mass is 10.2. The third-order valence-corrected chi connectivity index (χ3v) is 4.06. The van der Waals surface area contributed by atoms with Crippen LogP contribution >= 0.6 is 0 Å². The van der Waals surface area contributed by atoms with E-state index in [1.165, 1.54) is 5.56 Å². The Labute approximate surface area is 134 Å². The number of hydrogen-bond donors (Lipinski definition) is 1. The number of nitrogens with one attached hydrogen (secondary N) is 1. The number of hydrogen-bond acceptors (Lipinski definition) is 5. The third kappa shape index (κ3) is 3.25. The van der Waals surface area contributed by atoms with Gasteiger partial charge in [0, 0.05) is 25.5 Å². The molecule has 1 fully saturated rings. The first kappa shape index (κ1) is 14.3. The fraction of sp³-hybridized carbons (Fsp3) is 0.438. The number of rotatable bonds is 4. The van der Waals surface area contributed by atoms with Gasteiger partial charge in [-0.3, -0.25) is 9.58 Å². The molecular formula is C16H20N6O. The average molecular weight is 312 g/mol. The first-order chi connectivity index (χ1) is 11.3. The van der Waals surface area contributed by atoms with Crippen LogP contribution in [0.3, 0.4) is 0 Å². The quantitative estimate of drug-likeness (QED) is 0.787. The summed E-state index contributed by atoms with van der Waals surface area (Å²) in [6.45, 7) is 6.15. The minimum Gasteiger partial charge on any atom is -0.374 e. The van der Waals surface area contributed by atoms with Crippen LogP contribution in [0.15, 0.2) is 30.7 Å². The van der Waals surface area contributed by atoms with Gasteiger partial charge in [0.25, 0.3) is 0 Å². The van der Waals surface area contributed by atoms with Gasteiger partial charge < -0.3 is 9.72 Å². The number of pyridine rings is 1. The van der Waals surface area contributed by atoms with Crippen molar-refractivity contribution in [1.82, 2.24) is 29.6 Å². The van der Waals surface area contributed by atoms with Crippen molar-refractivity contribution in [3.8, 4) is 0 Å². The zero-order valence-corrected chi connectivity index (χ0v) is 13.1. The summed E-state index contributed by atoms with van der Waals surface area (Å²) in [6.07, 6.45) is 5.85. The van der Waals surface area contributed by atoms with Crippen molar-refractivity contribution in [3.05, 3.63) is 42.1 Å². The molecule has 1 N–H and O–H groups in total. The number of ether oxygens (including phenoxy) is 1. The third-order valence-electron chi connectivity index (χ3n) is 4.06. The molecule has 1 aliphatic heterocycles. The van der Waals surface area contributed by atoms with E-state index in [9.17, 15) is 0 Å². The molecular weight excluding hydrogens is 292 g/mol. The van der Waals surface area contributed by atoms with Gasteiger partial charge >= 0.3 is 0 Å². The summed E-state index contributed by atoms with van der Waals surface area (Å²) in [5, 5.41) is 4.34. The fourth-order valence-corrected chi connectivity index (χ4v) is 2.99. The van der Waals surface area contributed by atoms with E-state index >= 15 is 0 Å². The smallest absolute Gasteiger partial charge is 0.177 e. The van der Waals surface area contributed by atoms with Gasteiger partial charge in [-0.25, -0.2) is 9.97 Å². The minimum absolute atomic E-state index is 0.158. The Bertz CT molecular complexity index is 762. The molecule has 0 saturated carbocycles. The molecule has 0 radical (unpaired) electrons. The number of nitrogens with zero attached hydrogens (tertiary/aromatic N) is 5. The maximum absolute atomic E-state index is 5.87. The van der Waals surface area contributed by atoms with Gasteiger partial charge in [0.05, 0.1) is 37.5 Å². The van der Waals surface area contributed by atoms with Crippen LogP contribution in [0.5, 0.6) is 0 Å². The van der Waals surface area contributed by atoms with Crippen LogP contribution in [0.1, 0.15) is 11.4 Å². The van der Waals surface area contributed by atoms with Crippen molar-refractivity contribution in [3.63, 3.8) is 0 Å². The highest BCUT2D eigenvalue weighted by atomic mass is 16.5. The molecule has 0 amide bonds. The SMILES string of the molecule is Cc1cnn(C[C@H]2CN(Cc3nc4ncccc4[nH]3)CCO2)c1. The summed E-state index contributed by atoms with van der Waals surface area (Å²) in [7, 11) is 0. The molecule has 7 nitrogen and oxygen atoms in total. The molecule has 3 aromatic rings. The van der Waals surface area contributed by atoms with Crippen molar-refractivity contribution in [2.24, 2.45) is 0 Å². The molecule has 0 spiro atoms. The molecule has 0 aliphatic carbocycles. The average Bonchev–Trinajstić information content (AvgIpc) is 3.13. The van der Waals surface area contributed by atoms with Crippen LogP contribution in [0.4, 0.5) is 0 Å². The van der Waals surface area contributed by atoms with Gasteiger partial charge in [-0.2, -0.15) is 5.10 Å². The normalized spacial score (nSPS) is 19.4. The lowest BCUT2D eigenvalue weighted by Crippen LogP contribution is -2.43. The number of imidazole rings is 1. The van der Waals surface area contributed by atoms with Crippen molar-refractivity contribution in [1.29, 1.82) is 0 Å². The highest BCUT2D eigenvalue weighted by Gasteiger charge is 2.22. The second-order valence-corrected chi connectivity index (χ2v) is 6.03. The number of aryl methyl sites for hydroxylation is 1. The Morgan fingerprint density at radius 3 is 3.22 bits per heavy atom. The Hall–Kier alpha value is -2.25. The standard InChI is InChI=1S/C16H20N6O/c1-12-7-18-22(8-12)10-13-9-21(5-6-23-13)11-15-19-14-3-2-4-17-16(14)20-15/h2-4,7-8,13H,5-6,9-11H2,1H3,(H,17,19,20)/t13-/m1/s1. The first-order valence-electron chi connectivity index (χ1n) is 7.89. The molecule has 0 bridgehead atoms. The molecule has 4 rings (SSSR count). The topological polar surface area (TPSA) is 71.9 Å². The molecule has 1 aliphatic rings. The van der Waals surface area contributed by atoms with Crippen LogP contribution in [0, 0.1) is 6.92 Å². The maximum Gasteiger partial charge on any atom is 0.177 e. The largest absolute Gasteiger partial charge is 0.374 e. The number of fused-ring (bicyclic) bond motifs is 1. The molecule has 23 heavy (non-hydrogen) atoms. The number of aromatic amines is 1. The van der Waals surface area contributed by atoms with Crippen LogP contribution < -0.4 is 0 Å². The van der Waals surface area contributed by atoms with Crippen LogP contribution in [-0.2, 0) is 17.8 Å². The van der Waals surface area contributed by atoms with E-state index in [1.807, 2.05) is 36.1 Å². The van der Waals surface area contributed by atoms with Gasteiger partial charge in [-0.05, 0) is 24.6 Å². The lowest BCUT2D eigenvalue weighted by Gasteiger charge is -2.32. The summed E-state index contributed by atoms with van der Waals surface area (Å²) in [4.78, 5) is 14.5. The van der Waals surface area contributed by atoms with E-state index in [-0.39, 0.29) is 6.10 Å². The van der Waals surface area contributed by atoms with Crippen molar-refractivity contribution in [2.45, 2.75) is 26.1 Å². The molecule has 1 saturated heterocycles. The summed E-state index contributed by atoms with van der Waals surface area (Å²) < 4.78 is 7.83. The maximum atomic E-state index is 5.87.